The summed E-state index contributed by atoms with van der Waals surface area (Å²) in [6.45, 7) is 1.98. The summed E-state index contributed by atoms with van der Waals surface area (Å²) >= 11 is 1.27. The van der Waals surface area contributed by atoms with E-state index in [0.717, 1.165) is 17.3 Å². The van der Waals surface area contributed by atoms with Gasteiger partial charge in [-0.25, -0.2) is 8.75 Å². The van der Waals surface area contributed by atoms with Gasteiger partial charge in [0.05, 0.1) is 11.1 Å². The molecule has 0 aliphatic heterocycles. The molecule has 0 aliphatic carbocycles. The first kappa shape index (κ1) is 19.5. The molecule has 0 fully saturated rings. The molecular weight excluding hydrogens is 402 g/mol. The summed E-state index contributed by atoms with van der Waals surface area (Å²) in [4.78, 5) is 23.5. The summed E-state index contributed by atoms with van der Waals surface area (Å²) in [6, 6.07) is 17.5. The highest BCUT2D eigenvalue weighted by molar-refractivity contribution is 7.14. The van der Waals surface area contributed by atoms with Crippen LogP contribution in [-0.4, -0.2) is 20.1 Å². The number of phenolic OH excluding ortho intramolecular Hbond substituents is 1. The number of benzene rings is 3. The number of ether oxygens (including phenoxy) is 1. The number of carboxylic acid groups (broad SMARTS) is 1. The third-order valence-corrected chi connectivity index (χ3v) is 5.63. The normalized spacial score (nSPS) is 11.2. The van der Waals surface area contributed by atoms with Crippen molar-refractivity contribution < 1.29 is 19.7 Å². The summed E-state index contributed by atoms with van der Waals surface area (Å²) in [5.41, 5.74) is 2.27. The number of aromatic hydroxyl groups is 1. The Bertz CT molecular complexity index is 1330. The predicted molar refractivity (Wildman–Crippen MR) is 117 cm³/mol. The van der Waals surface area contributed by atoms with E-state index >= 15 is 0 Å². The van der Waals surface area contributed by atoms with Gasteiger partial charge >= 0.3 is 5.97 Å². The Kier molecular flexibility index (Phi) is 5.12. The Morgan fingerprint density at radius 2 is 1.83 bits per heavy atom. The lowest BCUT2D eigenvalue weighted by atomic mass is 10.2. The minimum absolute atomic E-state index is 0.134. The molecule has 0 amide bonds. The number of carbonyl (C=O) groups is 1. The second-order valence-corrected chi connectivity index (χ2v) is 7.62. The quantitative estimate of drug-likeness (QED) is 0.447. The minimum Gasteiger partial charge on any atom is -0.504 e. The van der Waals surface area contributed by atoms with Gasteiger partial charge in [0.25, 0.3) is 5.56 Å². The topological polar surface area (TPSA) is 88.8 Å². The zero-order valence-corrected chi connectivity index (χ0v) is 16.7. The Labute approximate surface area is 175 Å². The fraction of sp³-hybridized carbons (Fsp3) is 0.0435. The second-order valence-electron chi connectivity index (χ2n) is 6.66. The van der Waals surface area contributed by atoms with E-state index in [1.165, 1.54) is 23.7 Å². The maximum absolute atomic E-state index is 12.9. The smallest absolute Gasteiger partial charge is 0.328 e. The van der Waals surface area contributed by atoms with Crippen LogP contribution in [0.3, 0.4) is 0 Å². The van der Waals surface area contributed by atoms with E-state index in [4.69, 9.17) is 9.84 Å². The van der Waals surface area contributed by atoms with E-state index in [9.17, 15) is 14.7 Å². The van der Waals surface area contributed by atoms with Gasteiger partial charge in [0.2, 0.25) is 0 Å². The molecule has 150 valence electrons. The summed E-state index contributed by atoms with van der Waals surface area (Å²) < 4.78 is 8.17. The average molecular weight is 419 g/mol. The zero-order valence-electron chi connectivity index (χ0n) is 15.9. The molecule has 4 rings (SSSR count). The summed E-state index contributed by atoms with van der Waals surface area (Å²) in [6.07, 6.45) is 2.36. The number of phenols is 1. The minimum atomic E-state index is -1.07. The maximum Gasteiger partial charge on any atom is 0.328 e. The third kappa shape index (κ3) is 3.83. The molecule has 0 unspecified atom stereocenters. The van der Waals surface area contributed by atoms with Gasteiger partial charge in [-0.1, -0.05) is 29.8 Å². The number of rotatable bonds is 5. The van der Waals surface area contributed by atoms with E-state index < -0.39 is 5.97 Å². The van der Waals surface area contributed by atoms with Crippen LogP contribution in [0.25, 0.3) is 21.8 Å². The van der Waals surface area contributed by atoms with Crippen LogP contribution in [0.4, 0.5) is 0 Å². The molecule has 2 N–H and O–H groups in total. The Hall–Kier alpha value is -3.84. The molecule has 0 radical (unpaired) electrons. The monoisotopic (exact) mass is 419 g/mol. The van der Waals surface area contributed by atoms with Crippen molar-refractivity contribution in [2.24, 2.45) is 0 Å². The molecule has 0 aliphatic rings. The molecule has 30 heavy (non-hydrogen) atoms. The first-order chi connectivity index (χ1) is 14.4. The number of aliphatic carboxylic acids is 1. The fourth-order valence-electron chi connectivity index (χ4n) is 2.96. The van der Waals surface area contributed by atoms with E-state index in [-0.39, 0.29) is 17.1 Å². The van der Waals surface area contributed by atoms with Crippen LogP contribution >= 0.6 is 11.5 Å². The van der Waals surface area contributed by atoms with Gasteiger partial charge in [-0.2, -0.15) is 0 Å². The van der Waals surface area contributed by atoms with Crippen molar-refractivity contribution in [3.63, 3.8) is 0 Å². The lowest BCUT2D eigenvalue weighted by Crippen LogP contribution is -2.10. The number of carboxylic acids is 1. The fourth-order valence-corrected chi connectivity index (χ4v) is 4.01. The lowest BCUT2D eigenvalue weighted by Gasteiger charge is -2.08. The van der Waals surface area contributed by atoms with Crippen molar-refractivity contribution in [1.82, 2.24) is 3.96 Å². The van der Waals surface area contributed by atoms with Gasteiger partial charge in [-0.05, 0) is 66.5 Å². The highest BCUT2D eigenvalue weighted by Gasteiger charge is 2.15. The van der Waals surface area contributed by atoms with Crippen LogP contribution in [0.15, 0.2) is 71.5 Å². The first-order valence-corrected chi connectivity index (χ1v) is 9.84. The van der Waals surface area contributed by atoms with Gasteiger partial charge in [-0.15, -0.1) is 0 Å². The van der Waals surface area contributed by atoms with Crippen LogP contribution in [0.2, 0.25) is 0 Å². The standard InChI is InChI=1S/C23H17NO5S/c1-14-5-9-16(10-6-14)24-23(28)17-3-2-4-20(22(17)30-24)29-19-11-7-15(13-18(19)25)8-12-21(26)27/h2-13,25H,1H3,(H,26,27)/b12-8+. The second kappa shape index (κ2) is 7.88. The molecular formula is C23H17NO5S. The van der Waals surface area contributed by atoms with Gasteiger partial charge in [0, 0.05) is 6.08 Å². The number of aryl methyl sites for hydroxylation is 1. The van der Waals surface area contributed by atoms with Gasteiger partial charge in [-0.3, -0.25) is 4.79 Å². The SMILES string of the molecule is Cc1ccc(-n2sc3c(Oc4ccc(/C=C/C(=O)O)cc4O)cccc3c2=O)cc1. The van der Waals surface area contributed by atoms with E-state index in [0.29, 0.717) is 21.4 Å². The van der Waals surface area contributed by atoms with Gasteiger partial charge < -0.3 is 14.9 Å². The highest BCUT2D eigenvalue weighted by atomic mass is 32.1. The van der Waals surface area contributed by atoms with E-state index in [1.54, 1.807) is 34.3 Å². The molecule has 0 saturated heterocycles. The van der Waals surface area contributed by atoms with E-state index in [2.05, 4.69) is 0 Å². The van der Waals surface area contributed by atoms with Crippen molar-refractivity contribution in [2.75, 3.05) is 0 Å². The molecule has 4 aromatic rings. The van der Waals surface area contributed by atoms with Crippen LogP contribution < -0.4 is 10.3 Å². The predicted octanol–water partition coefficient (Wildman–Crippen LogP) is 4.96. The van der Waals surface area contributed by atoms with Crippen LogP contribution in [-0.2, 0) is 4.79 Å². The first-order valence-electron chi connectivity index (χ1n) is 9.06. The van der Waals surface area contributed by atoms with Gasteiger partial charge in [0.15, 0.2) is 11.5 Å². The van der Waals surface area contributed by atoms with Crippen LogP contribution in [0, 0.1) is 6.92 Å². The van der Waals surface area contributed by atoms with E-state index in [1.807, 2.05) is 31.2 Å². The number of fused-ring (bicyclic) bond motifs is 1. The molecule has 0 spiro atoms. The zero-order chi connectivity index (χ0) is 21.3. The summed E-state index contributed by atoms with van der Waals surface area (Å²) in [5.74, 6) is -0.554. The van der Waals surface area contributed by atoms with Crippen molar-refractivity contribution >= 4 is 33.7 Å². The van der Waals surface area contributed by atoms with Crippen molar-refractivity contribution in [3.05, 3.63) is 88.2 Å². The molecule has 0 saturated carbocycles. The lowest BCUT2D eigenvalue weighted by molar-refractivity contribution is -0.131. The van der Waals surface area contributed by atoms with Crippen molar-refractivity contribution in [3.8, 4) is 22.9 Å². The van der Waals surface area contributed by atoms with Crippen LogP contribution in [0.5, 0.6) is 17.2 Å². The average Bonchev–Trinajstić information content (AvgIpc) is 3.06. The highest BCUT2D eigenvalue weighted by Crippen LogP contribution is 2.37. The Balaban J connectivity index is 1.72. The summed E-state index contributed by atoms with van der Waals surface area (Å²) in [5, 5.41) is 19.5. The molecule has 6 nitrogen and oxygen atoms in total. The number of nitrogens with zero attached hydrogens (tertiary/aromatic N) is 1. The number of aromatic nitrogens is 1. The summed E-state index contributed by atoms with van der Waals surface area (Å²) in [7, 11) is 0. The Morgan fingerprint density at radius 1 is 1.07 bits per heavy atom. The van der Waals surface area contributed by atoms with Crippen LogP contribution in [0.1, 0.15) is 11.1 Å². The molecule has 3 aromatic carbocycles. The van der Waals surface area contributed by atoms with Gasteiger partial charge in [0.1, 0.15) is 10.4 Å². The molecule has 0 bridgehead atoms. The Morgan fingerprint density at radius 3 is 2.53 bits per heavy atom. The molecule has 7 heteroatoms. The molecule has 1 aromatic heterocycles. The largest absolute Gasteiger partial charge is 0.504 e. The van der Waals surface area contributed by atoms with Crippen molar-refractivity contribution in [2.45, 2.75) is 6.92 Å². The number of hydrogen-bond acceptors (Lipinski definition) is 5. The number of hydrogen-bond donors (Lipinski definition) is 2. The maximum atomic E-state index is 12.9. The molecule has 1 heterocycles. The third-order valence-electron chi connectivity index (χ3n) is 4.47. The van der Waals surface area contributed by atoms with Crippen molar-refractivity contribution in [1.29, 1.82) is 0 Å². The molecule has 0 atom stereocenters.